The Morgan fingerprint density at radius 1 is 1.15 bits per heavy atom. The number of aryl methyl sites for hydroxylation is 1. The number of carbonyl (C=O) groups excluding carboxylic acids is 1. The molecule has 170 valence electrons. The van der Waals surface area contributed by atoms with E-state index in [2.05, 4.69) is 39.6 Å². The third-order valence-electron chi connectivity index (χ3n) is 5.03. The zero-order valence-corrected chi connectivity index (χ0v) is 20.3. The van der Waals surface area contributed by atoms with Crippen molar-refractivity contribution >= 4 is 34.1 Å². The van der Waals surface area contributed by atoms with Crippen LogP contribution in [0.2, 0.25) is 0 Å². The van der Waals surface area contributed by atoms with Crippen LogP contribution in [-0.4, -0.2) is 31.4 Å². The van der Waals surface area contributed by atoms with Crippen LogP contribution >= 0.6 is 23.1 Å². The fourth-order valence-corrected chi connectivity index (χ4v) is 4.68. The first kappa shape index (κ1) is 23.0. The van der Waals surface area contributed by atoms with Gasteiger partial charge >= 0.3 is 0 Å². The quantitative estimate of drug-likeness (QED) is 0.325. The van der Waals surface area contributed by atoms with E-state index >= 15 is 0 Å². The van der Waals surface area contributed by atoms with Gasteiger partial charge in [-0.05, 0) is 31.0 Å². The summed E-state index contributed by atoms with van der Waals surface area (Å²) in [6.45, 7) is 4.06. The number of benzene rings is 2. The molecule has 0 bridgehead atoms. The van der Waals surface area contributed by atoms with Crippen molar-refractivity contribution in [2.45, 2.75) is 31.5 Å². The first-order chi connectivity index (χ1) is 16.0. The lowest BCUT2D eigenvalue weighted by molar-refractivity contribution is -0.113. The number of hydrogen-bond donors (Lipinski definition) is 1. The van der Waals surface area contributed by atoms with Crippen molar-refractivity contribution in [3.05, 3.63) is 71.4 Å². The van der Waals surface area contributed by atoms with Crippen LogP contribution in [0.25, 0.3) is 11.3 Å². The Morgan fingerprint density at radius 3 is 2.64 bits per heavy atom. The molecule has 0 aliphatic carbocycles. The van der Waals surface area contributed by atoms with Crippen LogP contribution in [0.5, 0.6) is 5.75 Å². The fourth-order valence-electron chi connectivity index (χ4n) is 3.22. The molecular weight excluding hydrogens is 454 g/mol. The molecule has 0 radical (unpaired) electrons. The Hall–Kier alpha value is -3.17. The van der Waals surface area contributed by atoms with Crippen molar-refractivity contribution in [3.63, 3.8) is 0 Å². The molecule has 0 fully saturated rings. The third kappa shape index (κ3) is 5.80. The predicted molar refractivity (Wildman–Crippen MR) is 133 cm³/mol. The van der Waals surface area contributed by atoms with Crippen molar-refractivity contribution in [1.82, 2.24) is 19.7 Å². The van der Waals surface area contributed by atoms with Crippen LogP contribution in [0.15, 0.2) is 65.1 Å². The summed E-state index contributed by atoms with van der Waals surface area (Å²) in [7, 11) is 1.88. The number of anilines is 1. The fraction of sp³-hybridized carbons (Fsp3) is 0.250. The zero-order chi connectivity index (χ0) is 23.2. The monoisotopic (exact) mass is 479 g/mol. The molecule has 1 amide bonds. The average Bonchev–Trinajstić information content (AvgIpc) is 3.45. The summed E-state index contributed by atoms with van der Waals surface area (Å²) in [5.74, 6) is 1.55. The van der Waals surface area contributed by atoms with E-state index < -0.39 is 0 Å². The number of carbonyl (C=O) groups is 1. The van der Waals surface area contributed by atoms with E-state index in [1.807, 2.05) is 66.4 Å². The molecule has 0 aliphatic heterocycles. The number of nitrogens with zero attached hydrogens (tertiary/aromatic N) is 4. The van der Waals surface area contributed by atoms with E-state index in [1.54, 1.807) is 0 Å². The van der Waals surface area contributed by atoms with E-state index in [4.69, 9.17) is 4.74 Å². The summed E-state index contributed by atoms with van der Waals surface area (Å²) < 4.78 is 7.88. The molecule has 4 aromatic rings. The highest BCUT2D eigenvalue weighted by Gasteiger charge is 2.18. The van der Waals surface area contributed by atoms with E-state index in [0.29, 0.717) is 16.1 Å². The van der Waals surface area contributed by atoms with Gasteiger partial charge in [0.25, 0.3) is 0 Å². The number of rotatable bonds is 9. The van der Waals surface area contributed by atoms with Gasteiger partial charge < -0.3 is 14.6 Å². The van der Waals surface area contributed by atoms with Crippen molar-refractivity contribution in [2.24, 2.45) is 7.05 Å². The lowest BCUT2D eigenvalue weighted by Crippen LogP contribution is -2.14. The number of hydrogen-bond acceptors (Lipinski definition) is 7. The minimum atomic E-state index is -0.273. The first-order valence-corrected chi connectivity index (χ1v) is 12.5. The highest BCUT2D eigenvalue weighted by atomic mass is 32.2. The summed E-state index contributed by atoms with van der Waals surface area (Å²) in [6.07, 6.45) is 0.717. The van der Waals surface area contributed by atoms with Crippen LogP contribution < -0.4 is 10.1 Å². The van der Waals surface area contributed by atoms with Gasteiger partial charge in [0.1, 0.15) is 5.75 Å². The third-order valence-corrected chi connectivity index (χ3v) is 6.81. The minimum Gasteiger partial charge on any atom is -0.483 e. The van der Waals surface area contributed by atoms with E-state index in [-0.39, 0.29) is 17.8 Å². The Kier molecular flexibility index (Phi) is 7.41. The van der Waals surface area contributed by atoms with Gasteiger partial charge in [-0.1, -0.05) is 61.2 Å². The number of thiazole rings is 1. The van der Waals surface area contributed by atoms with Crippen LogP contribution in [0, 0.1) is 0 Å². The first-order valence-electron chi connectivity index (χ1n) is 10.6. The summed E-state index contributed by atoms with van der Waals surface area (Å²) in [5, 5.41) is 14.5. The Balaban J connectivity index is 1.31. The van der Waals surface area contributed by atoms with Gasteiger partial charge in [-0.3, -0.25) is 4.79 Å². The second-order valence-corrected chi connectivity index (χ2v) is 9.20. The van der Waals surface area contributed by atoms with Crippen molar-refractivity contribution < 1.29 is 9.53 Å². The number of nitrogens with one attached hydrogen (secondary N) is 1. The van der Waals surface area contributed by atoms with Crippen LogP contribution in [-0.2, 0) is 18.3 Å². The maximum absolute atomic E-state index is 12.4. The molecule has 0 unspecified atom stereocenters. The molecule has 0 saturated carbocycles. The maximum Gasteiger partial charge on any atom is 0.236 e. The molecule has 2 aromatic carbocycles. The number of thioether (sulfide) groups is 1. The highest BCUT2D eigenvalue weighted by molar-refractivity contribution is 7.99. The standard InChI is InChI=1S/C24H25N5O2S2/c1-4-17-10-12-19(13-11-17)31-16(2)22-27-28-24(29(22)3)33-15-21(30)26-23-25-20(14-32-23)18-8-6-5-7-9-18/h5-14,16H,4,15H2,1-3H3,(H,25,26,30)/t16-/m0/s1. The normalized spacial score (nSPS) is 11.8. The van der Waals surface area contributed by atoms with Gasteiger partial charge in [0.2, 0.25) is 5.91 Å². The highest BCUT2D eigenvalue weighted by Crippen LogP contribution is 2.26. The van der Waals surface area contributed by atoms with Gasteiger partial charge in [-0.15, -0.1) is 21.5 Å². The van der Waals surface area contributed by atoms with Gasteiger partial charge in [0, 0.05) is 18.0 Å². The molecule has 1 atom stereocenters. The topological polar surface area (TPSA) is 81.9 Å². The zero-order valence-electron chi connectivity index (χ0n) is 18.7. The summed E-state index contributed by atoms with van der Waals surface area (Å²) in [4.78, 5) is 16.9. The summed E-state index contributed by atoms with van der Waals surface area (Å²) in [6, 6.07) is 17.9. The van der Waals surface area contributed by atoms with E-state index in [0.717, 1.165) is 23.4 Å². The minimum absolute atomic E-state index is 0.140. The molecule has 1 N–H and O–H groups in total. The molecule has 0 aliphatic rings. The van der Waals surface area contributed by atoms with Crippen molar-refractivity contribution in [3.8, 4) is 17.0 Å². The largest absolute Gasteiger partial charge is 0.483 e. The summed E-state index contributed by atoms with van der Waals surface area (Å²) >= 11 is 2.73. The van der Waals surface area contributed by atoms with Crippen molar-refractivity contribution in [2.75, 3.05) is 11.1 Å². The van der Waals surface area contributed by atoms with E-state index in [9.17, 15) is 4.79 Å². The molecule has 7 nitrogen and oxygen atoms in total. The smallest absolute Gasteiger partial charge is 0.236 e. The van der Waals surface area contributed by atoms with Crippen LogP contribution in [0.4, 0.5) is 5.13 Å². The lowest BCUT2D eigenvalue weighted by atomic mass is 10.2. The number of aromatic nitrogens is 4. The Bertz CT molecular complexity index is 1210. The predicted octanol–water partition coefficient (Wildman–Crippen LogP) is 5.37. The number of amides is 1. The Labute approximate surface area is 201 Å². The van der Waals surface area contributed by atoms with Gasteiger partial charge in [0.15, 0.2) is 22.2 Å². The van der Waals surface area contributed by atoms with Gasteiger partial charge in [0.05, 0.1) is 11.4 Å². The Morgan fingerprint density at radius 2 is 1.91 bits per heavy atom. The second kappa shape index (κ2) is 10.6. The van der Waals surface area contributed by atoms with E-state index in [1.165, 1.54) is 28.7 Å². The molecule has 33 heavy (non-hydrogen) atoms. The molecular formula is C24H25N5O2S2. The van der Waals surface area contributed by atoms with Gasteiger partial charge in [-0.25, -0.2) is 4.98 Å². The molecule has 4 rings (SSSR count). The molecule has 0 saturated heterocycles. The molecule has 2 heterocycles. The lowest BCUT2D eigenvalue weighted by Gasteiger charge is -2.14. The average molecular weight is 480 g/mol. The SMILES string of the molecule is CCc1ccc(O[C@@H](C)c2nnc(SCC(=O)Nc3nc(-c4ccccc4)cs3)n2C)cc1. The molecule has 2 aromatic heterocycles. The van der Waals surface area contributed by atoms with Gasteiger partial charge in [-0.2, -0.15) is 0 Å². The number of ether oxygens (including phenoxy) is 1. The van der Waals surface area contributed by atoms with Crippen LogP contribution in [0.3, 0.4) is 0 Å². The van der Waals surface area contributed by atoms with Crippen molar-refractivity contribution in [1.29, 1.82) is 0 Å². The maximum atomic E-state index is 12.4. The van der Waals surface area contributed by atoms with Crippen LogP contribution in [0.1, 0.15) is 31.3 Å². The second-order valence-electron chi connectivity index (χ2n) is 7.40. The molecule has 9 heteroatoms. The molecule has 0 spiro atoms. The summed E-state index contributed by atoms with van der Waals surface area (Å²) in [5.41, 5.74) is 3.13.